The van der Waals surface area contributed by atoms with Gasteiger partial charge in [0, 0.05) is 10.0 Å². The normalized spacial score (nSPS) is 9.95. The first-order chi connectivity index (χ1) is 9.09. The molecule has 0 aliphatic carbocycles. The molecular formula is C14H9BrNO3-. The number of anilines is 1. The third-order valence-electron chi connectivity index (χ3n) is 2.51. The predicted octanol–water partition coefficient (Wildman–Crippen LogP) is 2.06. The maximum Gasteiger partial charge on any atom is 0.256 e. The second kappa shape index (κ2) is 5.67. The molecule has 0 fully saturated rings. The fraction of sp³-hybridized carbons (Fsp3) is 0. The van der Waals surface area contributed by atoms with Crippen molar-refractivity contribution < 1.29 is 14.7 Å². The van der Waals surface area contributed by atoms with Gasteiger partial charge < -0.3 is 15.2 Å². The molecule has 0 bridgehead atoms. The number of carbonyl (C=O) groups is 2. The van der Waals surface area contributed by atoms with Gasteiger partial charge in [-0.05, 0) is 34.1 Å². The van der Waals surface area contributed by atoms with Gasteiger partial charge >= 0.3 is 0 Å². The smallest absolute Gasteiger partial charge is 0.256 e. The number of rotatable bonds is 3. The highest BCUT2D eigenvalue weighted by Crippen LogP contribution is 2.19. The second-order valence-electron chi connectivity index (χ2n) is 3.77. The summed E-state index contributed by atoms with van der Waals surface area (Å²) in [6, 6.07) is 13.0. The van der Waals surface area contributed by atoms with Crippen LogP contribution in [0, 0.1) is 0 Å². The molecule has 5 heteroatoms. The summed E-state index contributed by atoms with van der Waals surface area (Å²) in [6.45, 7) is 0. The molecule has 0 atom stereocenters. The van der Waals surface area contributed by atoms with Crippen LogP contribution in [0.3, 0.4) is 0 Å². The van der Waals surface area contributed by atoms with Crippen molar-refractivity contribution in [1.82, 2.24) is 0 Å². The van der Waals surface area contributed by atoms with E-state index >= 15 is 0 Å². The number of aromatic carboxylic acids is 1. The molecule has 0 unspecified atom stereocenters. The Balaban J connectivity index is 2.30. The number of hydrogen-bond donors (Lipinski definition) is 1. The van der Waals surface area contributed by atoms with Crippen LogP contribution in [0.2, 0.25) is 0 Å². The van der Waals surface area contributed by atoms with Crippen LogP contribution in [-0.4, -0.2) is 11.9 Å². The Kier molecular flexibility index (Phi) is 3.97. The minimum Gasteiger partial charge on any atom is -0.545 e. The quantitative estimate of drug-likeness (QED) is 0.941. The van der Waals surface area contributed by atoms with Crippen LogP contribution in [0.25, 0.3) is 0 Å². The first kappa shape index (κ1) is 13.3. The molecule has 0 aromatic heterocycles. The molecule has 0 aliphatic heterocycles. The van der Waals surface area contributed by atoms with E-state index in [0.29, 0.717) is 10.0 Å². The number of carboxylic acid groups (broad SMARTS) is 1. The van der Waals surface area contributed by atoms with Crippen LogP contribution in [0.5, 0.6) is 0 Å². The third-order valence-corrected chi connectivity index (χ3v) is 3.21. The van der Waals surface area contributed by atoms with Crippen molar-refractivity contribution in [2.75, 3.05) is 5.32 Å². The van der Waals surface area contributed by atoms with Gasteiger partial charge in [-0.15, -0.1) is 0 Å². The number of nitrogens with one attached hydrogen (secondary N) is 1. The topological polar surface area (TPSA) is 69.2 Å². The fourth-order valence-electron chi connectivity index (χ4n) is 1.61. The molecule has 0 saturated heterocycles. The molecule has 0 heterocycles. The van der Waals surface area contributed by atoms with E-state index in [2.05, 4.69) is 21.2 Å². The van der Waals surface area contributed by atoms with Crippen LogP contribution in [-0.2, 0) is 0 Å². The number of para-hydroxylation sites is 1. The van der Waals surface area contributed by atoms with E-state index in [9.17, 15) is 14.7 Å². The summed E-state index contributed by atoms with van der Waals surface area (Å²) in [7, 11) is 0. The average Bonchev–Trinajstić information content (AvgIpc) is 2.39. The highest BCUT2D eigenvalue weighted by Gasteiger charge is 2.11. The maximum atomic E-state index is 12.1. The minimum absolute atomic E-state index is 0.0529. The van der Waals surface area contributed by atoms with Crippen molar-refractivity contribution in [3.8, 4) is 0 Å². The zero-order valence-electron chi connectivity index (χ0n) is 9.72. The van der Waals surface area contributed by atoms with E-state index in [1.165, 1.54) is 12.1 Å². The van der Waals surface area contributed by atoms with E-state index in [-0.39, 0.29) is 17.2 Å². The lowest BCUT2D eigenvalue weighted by Gasteiger charge is -2.12. The summed E-state index contributed by atoms with van der Waals surface area (Å²) in [5.74, 6) is -1.72. The van der Waals surface area contributed by atoms with Crippen molar-refractivity contribution in [3.63, 3.8) is 0 Å². The molecule has 0 radical (unpaired) electrons. The molecular weight excluding hydrogens is 310 g/mol. The van der Waals surface area contributed by atoms with Gasteiger partial charge in [-0.1, -0.05) is 30.3 Å². The largest absolute Gasteiger partial charge is 0.545 e. The zero-order chi connectivity index (χ0) is 13.8. The number of benzene rings is 2. The second-order valence-corrected chi connectivity index (χ2v) is 4.62. The highest BCUT2D eigenvalue weighted by molar-refractivity contribution is 9.10. The number of carbonyl (C=O) groups excluding carboxylic acids is 2. The first-order valence-corrected chi connectivity index (χ1v) is 6.25. The van der Waals surface area contributed by atoms with Crippen molar-refractivity contribution in [3.05, 3.63) is 64.1 Å². The van der Waals surface area contributed by atoms with E-state index in [4.69, 9.17) is 0 Å². The lowest BCUT2D eigenvalue weighted by Crippen LogP contribution is -2.24. The SMILES string of the molecule is O=C(Nc1ccccc1C(=O)[O-])c1ccccc1Br. The van der Waals surface area contributed by atoms with Gasteiger partial charge in [0.2, 0.25) is 0 Å². The van der Waals surface area contributed by atoms with Gasteiger partial charge in [0.15, 0.2) is 0 Å². The van der Waals surface area contributed by atoms with E-state index < -0.39 is 5.97 Å². The number of hydrogen-bond acceptors (Lipinski definition) is 3. The molecule has 1 amide bonds. The van der Waals surface area contributed by atoms with Crippen LogP contribution >= 0.6 is 15.9 Å². The molecule has 4 nitrogen and oxygen atoms in total. The number of halogens is 1. The molecule has 0 saturated carbocycles. The zero-order valence-corrected chi connectivity index (χ0v) is 11.3. The van der Waals surface area contributed by atoms with Gasteiger partial charge in [0.25, 0.3) is 5.91 Å². The Hall–Kier alpha value is -2.14. The van der Waals surface area contributed by atoms with Gasteiger partial charge in [-0.3, -0.25) is 4.79 Å². The van der Waals surface area contributed by atoms with Crippen molar-refractivity contribution >= 4 is 33.5 Å². The number of amides is 1. The summed E-state index contributed by atoms with van der Waals surface area (Å²) >= 11 is 3.27. The maximum absolute atomic E-state index is 12.1. The average molecular weight is 319 g/mol. The summed E-state index contributed by atoms with van der Waals surface area (Å²) in [5, 5.41) is 13.5. The van der Waals surface area contributed by atoms with Crippen LogP contribution in [0.1, 0.15) is 20.7 Å². The first-order valence-electron chi connectivity index (χ1n) is 5.46. The molecule has 2 aromatic rings. The van der Waals surface area contributed by atoms with E-state index in [0.717, 1.165) is 0 Å². The lowest BCUT2D eigenvalue weighted by molar-refractivity contribution is -0.254. The Morgan fingerprint density at radius 2 is 1.53 bits per heavy atom. The number of carboxylic acids is 1. The standard InChI is InChI=1S/C14H10BrNO3/c15-11-7-3-1-5-9(11)13(17)16-12-8-4-2-6-10(12)14(18)19/h1-8H,(H,16,17)(H,18,19)/p-1. The Bertz CT molecular complexity index is 640. The molecule has 2 rings (SSSR count). The van der Waals surface area contributed by atoms with Crippen LogP contribution < -0.4 is 10.4 Å². The fourth-order valence-corrected chi connectivity index (χ4v) is 2.07. The highest BCUT2D eigenvalue weighted by atomic mass is 79.9. The summed E-state index contributed by atoms with van der Waals surface area (Å²) < 4.78 is 0.637. The predicted molar refractivity (Wildman–Crippen MR) is 72.9 cm³/mol. The van der Waals surface area contributed by atoms with Crippen molar-refractivity contribution in [2.24, 2.45) is 0 Å². The summed E-state index contributed by atoms with van der Waals surface area (Å²) in [5.41, 5.74) is 0.585. The molecule has 96 valence electrons. The Morgan fingerprint density at radius 1 is 0.947 bits per heavy atom. The van der Waals surface area contributed by atoms with Crippen LogP contribution in [0.15, 0.2) is 53.0 Å². The monoisotopic (exact) mass is 318 g/mol. The van der Waals surface area contributed by atoms with Gasteiger partial charge in [-0.25, -0.2) is 0 Å². The molecule has 1 N–H and O–H groups in total. The Labute approximate surface area is 118 Å². The van der Waals surface area contributed by atoms with Crippen molar-refractivity contribution in [1.29, 1.82) is 0 Å². The molecule has 19 heavy (non-hydrogen) atoms. The lowest BCUT2D eigenvalue weighted by atomic mass is 10.1. The molecule has 0 spiro atoms. The Morgan fingerprint density at radius 3 is 2.16 bits per heavy atom. The summed E-state index contributed by atoms with van der Waals surface area (Å²) in [4.78, 5) is 23.0. The van der Waals surface area contributed by atoms with Gasteiger partial charge in [-0.2, -0.15) is 0 Å². The minimum atomic E-state index is -1.33. The van der Waals surface area contributed by atoms with Crippen molar-refractivity contribution in [2.45, 2.75) is 0 Å². The van der Waals surface area contributed by atoms with Crippen LogP contribution in [0.4, 0.5) is 5.69 Å². The van der Waals surface area contributed by atoms with E-state index in [1.54, 1.807) is 36.4 Å². The third kappa shape index (κ3) is 3.00. The van der Waals surface area contributed by atoms with Gasteiger partial charge in [0.05, 0.1) is 17.2 Å². The van der Waals surface area contributed by atoms with Gasteiger partial charge in [0.1, 0.15) is 0 Å². The molecule has 0 aliphatic rings. The van der Waals surface area contributed by atoms with E-state index in [1.807, 2.05) is 0 Å². The molecule has 2 aromatic carbocycles. The summed E-state index contributed by atoms with van der Waals surface area (Å²) in [6.07, 6.45) is 0.